The van der Waals surface area contributed by atoms with E-state index in [0.29, 0.717) is 17.4 Å². The van der Waals surface area contributed by atoms with E-state index in [0.717, 1.165) is 6.61 Å². The summed E-state index contributed by atoms with van der Waals surface area (Å²) in [6.45, 7) is 3.40. The fourth-order valence-electron chi connectivity index (χ4n) is 5.00. The van der Waals surface area contributed by atoms with Crippen LogP contribution in [0.5, 0.6) is 0 Å². The minimum absolute atomic E-state index is 0.228. The van der Waals surface area contributed by atoms with Gasteiger partial charge in [0.25, 0.3) is 0 Å². The van der Waals surface area contributed by atoms with Gasteiger partial charge >= 0.3 is 0 Å². The Hall–Kier alpha value is -0.0800. The first-order valence-electron chi connectivity index (χ1n) is 8.53. The molecule has 2 nitrogen and oxygen atoms in total. The molecule has 3 aliphatic rings. The molecule has 19 heavy (non-hydrogen) atoms. The fourth-order valence-corrected chi connectivity index (χ4v) is 5.00. The van der Waals surface area contributed by atoms with Crippen LogP contribution in [0.1, 0.15) is 77.6 Å². The highest BCUT2D eigenvalue weighted by atomic mass is 16.5. The quantitative estimate of drug-likeness (QED) is 0.818. The van der Waals surface area contributed by atoms with Gasteiger partial charge in [-0.25, -0.2) is 0 Å². The second-order valence-corrected chi connectivity index (χ2v) is 7.73. The molecule has 0 aromatic carbocycles. The van der Waals surface area contributed by atoms with Crippen LogP contribution in [0.4, 0.5) is 0 Å². The Labute approximate surface area is 118 Å². The highest BCUT2D eigenvalue weighted by molar-refractivity contribution is 4.98. The topological polar surface area (TPSA) is 35.2 Å². The van der Waals surface area contributed by atoms with E-state index in [9.17, 15) is 0 Å². The normalized spacial score (nSPS) is 35.4. The molecule has 2 aliphatic carbocycles. The number of hydrogen-bond acceptors (Lipinski definition) is 2. The monoisotopic (exact) mass is 265 g/mol. The van der Waals surface area contributed by atoms with Gasteiger partial charge in [0.1, 0.15) is 0 Å². The molecule has 0 bridgehead atoms. The molecule has 2 heteroatoms. The first-order valence-corrected chi connectivity index (χ1v) is 8.53. The summed E-state index contributed by atoms with van der Waals surface area (Å²) in [5.74, 6) is 0.704. The van der Waals surface area contributed by atoms with Crippen molar-refractivity contribution in [2.24, 2.45) is 17.1 Å². The lowest BCUT2D eigenvalue weighted by Gasteiger charge is -2.47. The van der Waals surface area contributed by atoms with E-state index in [4.69, 9.17) is 10.5 Å². The zero-order valence-corrected chi connectivity index (χ0v) is 12.6. The summed E-state index contributed by atoms with van der Waals surface area (Å²) in [5, 5.41) is 0. The minimum Gasteiger partial charge on any atom is -0.375 e. The molecule has 0 radical (unpaired) electrons. The van der Waals surface area contributed by atoms with Gasteiger partial charge in [-0.15, -0.1) is 0 Å². The molecule has 0 aromatic rings. The van der Waals surface area contributed by atoms with Crippen LogP contribution in [-0.2, 0) is 4.74 Å². The molecule has 0 aromatic heterocycles. The summed E-state index contributed by atoms with van der Waals surface area (Å²) in [4.78, 5) is 0. The Bertz CT molecular complexity index is 302. The van der Waals surface area contributed by atoms with Gasteiger partial charge in [0.15, 0.2) is 0 Å². The van der Waals surface area contributed by atoms with Crippen molar-refractivity contribution >= 4 is 0 Å². The first-order chi connectivity index (χ1) is 9.14. The zero-order chi connectivity index (χ0) is 13.3. The highest BCUT2D eigenvalue weighted by Crippen LogP contribution is 2.47. The molecular weight excluding hydrogens is 234 g/mol. The van der Waals surface area contributed by atoms with Crippen molar-refractivity contribution in [1.82, 2.24) is 0 Å². The van der Waals surface area contributed by atoms with Crippen molar-refractivity contribution in [2.45, 2.75) is 89.2 Å². The average Bonchev–Trinajstić information content (AvgIpc) is 2.87. The second-order valence-electron chi connectivity index (χ2n) is 7.73. The van der Waals surface area contributed by atoms with E-state index in [2.05, 4.69) is 6.92 Å². The number of ether oxygens (including phenoxy) is 1. The van der Waals surface area contributed by atoms with E-state index in [1.807, 2.05) is 0 Å². The van der Waals surface area contributed by atoms with Crippen molar-refractivity contribution in [2.75, 3.05) is 6.61 Å². The Morgan fingerprint density at radius 1 is 1.00 bits per heavy atom. The molecule has 3 rings (SSSR count). The van der Waals surface area contributed by atoms with E-state index >= 15 is 0 Å². The minimum atomic E-state index is 0.228. The molecule has 3 fully saturated rings. The van der Waals surface area contributed by atoms with Gasteiger partial charge in [-0.05, 0) is 49.9 Å². The molecule has 1 aliphatic heterocycles. The number of nitrogens with two attached hydrogens (primary N) is 1. The van der Waals surface area contributed by atoms with Gasteiger partial charge in [-0.1, -0.05) is 39.0 Å². The summed E-state index contributed by atoms with van der Waals surface area (Å²) in [6.07, 6.45) is 14.6. The molecule has 1 heterocycles. The Morgan fingerprint density at radius 2 is 1.63 bits per heavy atom. The zero-order valence-electron chi connectivity index (χ0n) is 12.6. The summed E-state index contributed by atoms with van der Waals surface area (Å²) >= 11 is 0. The van der Waals surface area contributed by atoms with Crippen LogP contribution in [0, 0.1) is 11.3 Å². The maximum Gasteiger partial charge on any atom is 0.0685 e. The third kappa shape index (κ3) is 2.71. The van der Waals surface area contributed by atoms with Crippen LogP contribution in [0.3, 0.4) is 0 Å². The maximum absolute atomic E-state index is 6.75. The van der Waals surface area contributed by atoms with Crippen LogP contribution in [-0.4, -0.2) is 18.2 Å². The molecule has 1 spiro atoms. The largest absolute Gasteiger partial charge is 0.375 e. The molecule has 2 atom stereocenters. The smallest absolute Gasteiger partial charge is 0.0685 e. The van der Waals surface area contributed by atoms with Crippen molar-refractivity contribution in [3.63, 3.8) is 0 Å². The van der Waals surface area contributed by atoms with E-state index in [1.54, 1.807) is 0 Å². The fraction of sp³-hybridized carbons (Fsp3) is 1.00. The van der Waals surface area contributed by atoms with Gasteiger partial charge in [-0.3, -0.25) is 0 Å². The number of rotatable bonds is 2. The van der Waals surface area contributed by atoms with E-state index < -0.39 is 0 Å². The summed E-state index contributed by atoms with van der Waals surface area (Å²) in [5.41, 5.74) is 7.38. The predicted molar refractivity (Wildman–Crippen MR) is 79.0 cm³/mol. The Kier molecular flexibility index (Phi) is 3.92. The molecule has 0 amide bonds. The van der Waals surface area contributed by atoms with Crippen LogP contribution in [0.25, 0.3) is 0 Å². The lowest BCUT2D eigenvalue weighted by molar-refractivity contribution is -0.104. The lowest BCUT2D eigenvalue weighted by Crippen LogP contribution is -2.51. The molecule has 110 valence electrons. The van der Waals surface area contributed by atoms with Crippen LogP contribution < -0.4 is 5.73 Å². The van der Waals surface area contributed by atoms with Crippen molar-refractivity contribution in [3.05, 3.63) is 0 Å². The van der Waals surface area contributed by atoms with Crippen molar-refractivity contribution < 1.29 is 4.74 Å². The van der Waals surface area contributed by atoms with Crippen LogP contribution in [0.2, 0.25) is 0 Å². The van der Waals surface area contributed by atoms with Crippen LogP contribution >= 0.6 is 0 Å². The first kappa shape index (κ1) is 13.9. The molecule has 2 N–H and O–H groups in total. The van der Waals surface area contributed by atoms with Gasteiger partial charge in [-0.2, -0.15) is 0 Å². The molecule has 1 saturated heterocycles. The molecule has 2 unspecified atom stereocenters. The molecule has 2 saturated carbocycles. The van der Waals surface area contributed by atoms with Crippen molar-refractivity contribution in [1.29, 1.82) is 0 Å². The summed E-state index contributed by atoms with van der Waals surface area (Å²) in [7, 11) is 0. The third-order valence-electron chi connectivity index (χ3n) is 6.35. The third-order valence-corrected chi connectivity index (χ3v) is 6.35. The Morgan fingerprint density at radius 3 is 2.32 bits per heavy atom. The predicted octanol–water partition coefficient (Wildman–Crippen LogP) is 4.02. The van der Waals surface area contributed by atoms with Gasteiger partial charge in [0, 0.05) is 12.6 Å². The summed E-state index contributed by atoms with van der Waals surface area (Å²) < 4.78 is 6.17. The molecular formula is C17H31NO. The number of hydrogen-bond donors (Lipinski definition) is 1. The lowest BCUT2D eigenvalue weighted by atomic mass is 9.64. The van der Waals surface area contributed by atoms with Gasteiger partial charge < -0.3 is 10.5 Å². The van der Waals surface area contributed by atoms with Crippen LogP contribution in [0.15, 0.2) is 0 Å². The standard InChI is InChI=1S/C17H31NO/c1-16(8-3-2-4-9-16)15(18)14-7-12-19-17(13-14)10-5-6-11-17/h14-15H,2-13,18H2,1H3. The van der Waals surface area contributed by atoms with E-state index in [-0.39, 0.29) is 5.60 Å². The highest BCUT2D eigenvalue weighted by Gasteiger charge is 2.45. The second kappa shape index (κ2) is 5.37. The van der Waals surface area contributed by atoms with Crippen molar-refractivity contribution in [3.8, 4) is 0 Å². The van der Waals surface area contributed by atoms with Gasteiger partial charge in [0.2, 0.25) is 0 Å². The average molecular weight is 265 g/mol. The van der Waals surface area contributed by atoms with Gasteiger partial charge in [0.05, 0.1) is 5.60 Å². The summed E-state index contributed by atoms with van der Waals surface area (Å²) in [6, 6.07) is 0.397. The Balaban J connectivity index is 1.67. The SMILES string of the molecule is CC1(C(N)C2CCOC3(CCCC3)C2)CCCCC1. The maximum atomic E-state index is 6.75. The van der Waals surface area contributed by atoms with E-state index in [1.165, 1.54) is 70.6 Å².